The van der Waals surface area contributed by atoms with E-state index in [-0.39, 0.29) is 29.3 Å². The lowest BCUT2D eigenvalue weighted by molar-refractivity contribution is -0.120. The second-order valence-electron chi connectivity index (χ2n) is 8.23. The van der Waals surface area contributed by atoms with Gasteiger partial charge in [-0.1, -0.05) is 36.2 Å². The molecule has 3 rings (SSSR count). The molecular weight excluding hydrogens is 434 g/mol. The van der Waals surface area contributed by atoms with Gasteiger partial charge in [0.25, 0.3) is 0 Å². The number of halogens is 1. The second kappa shape index (κ2) is 10.0. The number of anilines is 1. The zero-order valence-electron chi connectivity index (χ0n) is 18.2. The van der Waals surface area contributed by atoms with E-state index in [0.29, 0.717) is 18.0 Å². The normalized spacial score (nSPS) is 19.7. The van der Waals surface area contributed by atoms with Crippen LogP contribution in [-0.2, 0) is 21.2 Å². The van der Waals surface area contributed by atoms with Crippen LogP contribution in [0.4, 0.5) is 5.69 Å². The van der Waals surface area contributed by atoms with Gasteiger partial charge in [0.1, 0.15) is 0 Å². The van der Waals surface area contributed by atoms with Crippen molar-refractivity contribution in [2.75, 3.05) is 25.5 Å². The van der Waals surface area contributed by atoms with Gasteiger partial charge in [-0.15, -0.1) is 0 Å². The van der Waals surface area contributed by atoms with Crippen LogP contribution in [0, 0.1) is 0 Å². The summed E-state index contributed by atoms with van der Waals surface area (Å²) in [7, 11) is 0.203. The maximum atomic E-state index is 13.3. The van der Waals surface area contributed by atoms with Crippen molar-refractivity contribution in [2.24, 2.45) is 0 Å². The fourth-order valence-electron chi connectivity index (χ4n) is 4.18. The molecule has 0 radical (unpaired) electrons. The van der Waals surface area contributed by atoms with Crippen LogP contribution in [0.1, 0.15) is 31.7 Å². The molecule has 1 aliphatic rings. The Balaban J connectivity index is 1.72. The average Bonchev–Trinajstić information content (AvgIpc) is 2.72. The van der Waals surface area contributed by atoms with Crippen molar-refractivity contribution < 1.29 is 13.2 Å². The Labute approximate surface area is 190 Å². The summed E-state index contributed by atoms with van der Waals surface area (Å²) in [6, 6.07) is 13.6. The third-order valence-corrected chi connectivity index (χ3v) is 8.03. The SMILES string of the molecule is C[C@@H]1CCC[C@H](CNC(=O)Cc2ccccc2N(C)C)N1S(=O)(=O)c1ccc(Cl)cc1. The molecule has 1 fully saturated rings. The third-order valence-electron chi connectivity index (χ3n) is 5.70. The minimum Gasteiger partial charge on any atom is -0.377 e. The third kappa shape index (κ3) is 5.59. The Bertz CT molecular complexity index is 1010. The lowest BCUT2D eigenvalue weighted by atomic mass is 9.99. The number of piperidine rings is 1. The van der Waals surface area contributed by atoms with Gasteiger partial charge in [-0.3, -0.25) is 4.79 Å². The highest BCUT2D eigenvalue weighted by atomic mass is 35.5. The topological polar surface area (TPSA) is 69.7 Å². The van der Waals surface area contributed by atoms with Gasteiger partial charge in [0.2, 0.25) is 15.9 Å². The second-order valence-corrected chi connectivity index (χ2v) is 10.5. The molecule has 1 amide bonds. The van der Waals surface area contributed by atoms with Crippen LogP contribution in [0.5, 0.6) is 0 Å². The maximum absolute atomic E-state index is 13.3. The fourth-order valence-corrected chi connectivity index (χ4v) is 6.18. The molecule has 1 saturated heterocycles. The van der Waals surface area contributed by atoms with E-state index in [4.69, 9.17) is 11.6 Å². The average molecular weight is 464 g/mol. The molecule has 1 heterocycles. The van der Waals surface area contributed by atoms with E-state index in [1.165, 1.54) is 12.1 Å². The van der Waals surface area contributed by atoms with Crippen molar-refractivity contribution in [1.82, 2.24) is 9.62 Å². The number of benzene rings is 2. The van der Waals surface area contributed by atoms with Crippen molar-refractivity contribution in [3.63, 3.8) is 0 Å². The van der Waals surface area contributed by atoms with E-state index >= 15 is 0 Å². The number of amides is 1. The van der Waals surface area contributed by atoms with Gasteiger partial charge in [-0.2, -0.15) is 4.31 Å². The van der Waals surface area contributed by atoms with E-state index in [1.807, 2.05) is 50.2 Å². The zero-order chi connectivity index (χ0) is 22.6. The summed E-state index contributed by atoms with van der Waals surface area (Å²) in [6.07, 6.45) is 2.69. The fraction of sp³-hybridized carbons (Fsp3) is 0.435. The summed E-state index contributed by atoms with van der Waals surface area (Å²) < 4.78 is 28.2. The molecule has 0 saturated carbocycles. The number of sulfonamides is 1. The van der Waals surface area contributed by atoms with Crippen LogP contribution in [0.2, 0.25) is 5.02 Å². The van der Waals surface area contributed by atoms with E-state index in [0.717, 1.165) is 24.1 Å². The lowest BCUT2D eigenvalue weighted by Gasteiger charge is -2.39. The standard InChI is InChI=1S/C23H30ClN3O3S/c1-17-7-6-9-20(27(17)31(29,30)21-13-11-19(24)12-14-21)16-25-23(28)15-18-8-4-5-10-22(18)26(2)3/h4-5,8,10-14,17,20H,6-7,9,15-16H2,1-3H3,(H,25,28)/t17-,20-/m1/s1. The number of rotatable bonds is 7. The molecule has 1 N–H and O–H groups in total. The van der Waals surface area contributed by atoms with Crippen molar-refractivity contribution >= 4 is 33.2 Å². The predicted octanol–water partition coefficient (Wildman–Crippen LogP) is 3.70. The summed E-state index contributed by atoms with van der Waals surface area (Å²) >= 11 is 5.93. The van der Waals surface area contributed by atoms with Gasteiger partial charge >= 0.3 is 0 Å². The molecular formula is C23H30ClN3O3S. The monoisotopic (exact) mass is 463 g/mol. The molecule has 2 aromatic rings. The number of carbonyl (C=O) groups is 1. The Morgan fingerprint density at radius 1 is 1.13 bits per heavy atom. The minimum atomic E-state index is -3.69. The molecule has 2 aromatic carbocycles. The number of para-hydroxylation sites is 1. The molecule has 0 aliphatic carbocycles. The first-order valence-electron chi connectivity index (χ1n) is 10.5. The molecule has 168 valence electrons. The zero-order valence-corrected chi connectivity index (χ0v) is 19.8. The molecule has 0 spiro atoms. The van der Waals surface area contributed by atoms with E-state index < -0.39 is 10.0 Å². The van der Waals surface area contributed by atoms with Gasteiger partial charge < -0.3 is 10.2 Å². The van der Waals surface area contributed by atoms with Crippen LogP contribution >= 0.6 is 11.6 Å². The van der Waals surface area contributed by atoms with Crippen LogP contribution < -0.4 is 10.2 Å². The first kappa shape index (κ1) is 23.6. The number of nitrogens with zero attached hydrogens (tertiary/aromatic N) is 2. The number of hydrogen-bond acceptors (Lipinski definition) is 4. The molecule has 0 bridgehead atoms. The first-order chi connectivity index (χ1) is 14.7. The molecule has 6 nitrogen and oxygen atoms in total. The summed E-state index contributed by atoms with van der Waals surface area (Å²) in [6.45, 7) is 2.22. The first-order valence-corrected chi connectivity index (χ1v) is 12.3. The van der Waals surface area contributed by atoms with Crippen molar-refractivity contribution in [3.8, 4) is 0 Å². The lowest BCUT2D eigenvalue weighted by Crippen LogP contribution is -2.53. The van der Waals surface area contributed by atoms with Gasteiger partial charge in [0.15, 0.2) is 0 Å². The number of carbonyl (C=O) groups excluding carboxylic acids is 1. The van der Waals surface area contributed by atoms with Gasteiger partial charge in [-0.05, 0) is 55.7 Å². The van der Waals surface area contributed by atoms with Crippen LogP contribution in [0.25, 0.3) is 0 Å². The van der Waals surface area contributed by atoms with Gasteiger partial charge in [-0.25, -0.2) is 8.42 Å². The Morgan fingerprint density at radius 3 is 2.48 bits per heavy atom. The van der Waals surface area contributed by atoms with E-state index in [2.05, 4.69) is 5.32 Å². The van der Waals surface area contributed by atoms with E-state index in [9.17, 15) is 13.2 Å². The summed E-state index contributed by atoms with van der Waals surface area (Å²) in [5.41, 5.74) is 1.93. The molecule has 8 heteroatoms. The van der Waals surface area contributed by atoms with Crippen LogP contribution in [0.3, 0.4) is 0 Å². The Morgan fingerprint density at radius 2 is 1.81 bits per heavy atom. The van der Waals surface area contributed by atoms with Crippen LogP contribution in [0.15, 0.2) is 53.4 Å². The summed E-state index contributed by atoms with van der Waals surface area (Å²) in [5, 5.41) is 3.46. The Hall–Kier alpha value is -2.09. The van der Waals surface area contributed by atoms with Crippen LogP contribution in [-0.4, -0.2) is 51.4 Å². The minimum absolute atomic E-state index is 0.114. The highest BCUT2D eigenvalue weighted by Crippen LogP contribution is 2.30. The smallest absolute Gasteiger partial charge is 0.243 e. The van der Waals surface area contributed by atoms with Gasteiger partial charge in [0.05, 0.1) is 11.3 Å². The summed E-state index contributed by atoms with van der Waals surface area (Å²) in [5.74, 6) is -0.114. The largest absolute Gasteiger partial charge is 0.377 e. The Kier molecular flexibility index (Phi) is 7.62. The van der Waals surface area contributed by atoms with E-state index in [1.54, 1.807) is 16.4 Å². The molecule has 1 aliphatic heterocycles. The molecule has 2 atom stereocenters. The predicted molar refractivity (Wildman–Crippen MR) is 125 cm³/mol. The maximum Gasteiger partial charge on any atom is 0.243 e. The number of nitrogens with one attached hydrogen (secondary N) is 1. The molecule has 31 heavy (non-hydrogen) atoms. The van der Waals surface area contributed by atoms with Crippen molar-refractivity contribution in [1.29, 1.82) is 0 Å². The summed E-state index contributed by atoms with van der Waals surface area (Å²) in [4.78, 5) is 14.9. The quantitative estimate of drug-likeness (QED) is 0.679. The van der Waals surface area contributed by atoms with Crippen molar-refractivity contribution in [2.45, 2.75) is 49.6 Å². The highest BCUT2D eigenvalue weighted by Gasteiger charge is 2.37. The highest BCUT2D eigenvalue weighted by molar-refractivity contribution is 7.89. The molecule has 0 unspecified atom stereocenters. The van der Waals surface area contributed by atoms with Gasteiger partial charge in [0, 0.05) is 43.4 Å². The number of hydrogen-bond donors (Lipinski definition) is 1. The van der Waals surface area contributed by atoms with Crippen molar-refractivity contribution in [3.05, 3.63) is 59.1 Å². The molecule has 0 aromatic heterocycles.